The summed E-state index contributed by atoms with van der Waals surface area (Å²) in [6, 6.07) is 12.4. The van der Waals surface area contributed by atoms with Crippen LogP contribution in [0.2, 0.25) is 0 Å². The first-order valence-corrected chi connectivity index (χ1v) is 9.66. The number of hydrogen-bond acceptors (Lipinski definition) is 6. The van der Waals surface area contributed by atoms with Crippen molar-refractivity contribution >= 4 is 28.5 Å². The van der Waals surface area contributed by atoms with Crippen molar-refractivity contribution < 1.29 is 23.8 Å². The Bertz CT molecular complexity index is 1130. The number of anilines is 1. The molecule has 3 aromatic rings. The minimum atomic E-state index is -0.833. The quantitative estimate of drug-likeness (QED) is 0.516. The summed E-state index contributed by atoms with van der Waals surface area (Å²) in [6.07, 6.45) is 0.222. The van der Waals surface area contributed by atoms with Crippen molar-refractivity contribution in [1.29, 1.82) is 0 Å². The Kier molecular flexibility index (Phi) is 8.33. The van der Waals surface area contributed by atoms with Crippen LogP contribution in [-0.2, 0) is 16.0 Å². The van der Waals surface area contributed by atoms with Gasteiger partial charge in [0, 0.05) is 30.6 Å². The fourth-order valence-electron chi connectivity index (χ4n) is 2.90. The molecule has 0 spiro atoms. The van der Waals surface area contributed by atoms with Gasteiger partial charge in [-0.2, -0.15) is 0 Å². The number of benzene rings is 2. The maximum Gasteiger partial charge on any atom is 0.336 e. The highest BCUT2D eigenvalue weighted by Gasteiger charge is 2.11. The van der Waals surface area contributed by atoms with Crippen LogP contribution in [-0.4, -0.2) is 30.1 Å². The lowest BCUT2D eigenvalue weighted by molar-refractivity contribution is -0.134. The van der Waals surface area contributed by atoms with Crippen molar-refractivity contribution in [2.24, 2.45) is 5.73 Å². The van der Waals surface area contributed by atoms with Crippen LogP contribution in [0.15, 0.2) is 51.7 Å². The monoisotopic (exact) mass is 426 g/mol. The van der Waals surface area contributed by atoms with Crippen LogP contribution in [0.25, 0.3) is 11.0 Å². The minimum Gasteiger partial charge on any atom is -0.492 e. The molecule has 164 valence electrons. The van der Waals surface area contributed by atoms with Crippen molar-refractivity contribution in [2.45, 2.75) is 27.2 Å². The van der Waals surface area contributed by atoms with Crippen LogP contribution in [0.1, 0.15) is 23.6 Å². The van der Waals surface area contributed by atoms with Gasteiger partial charge in [0.2, 0.25) is 5.91 Å². The number of nitrogens with one attached hydrogen (secondary N) is 1. The van der Waals surface area contributed by atoms with Gasteiger partial charge in [0.25, 0.3) is 5.97 Å². The molecule has 4 N–H and O–H groups in total. The molecule has 1 amide bonds. The van der Waals surface area contributed by atoms with Crippen molar-refractivity contribution in [3.63, 3.8) is 0 Å². The number of amides is 1. The predicted octanol–water partition coefficient (Wildman–Crippen LogP) is 3.02. The Labute approximate surface area is 179 Å². The Morgan fingerprint density at radius 3 is 2.52 bits per heavy atom. The molecule has 1 heterocycles. The van der Waals surface area contributed by atoms with E-state index in [4.69, 9.17) is 24.8 Å². The van der Waals surface area contributed by atoms with Crippen molar-refractivity contribution in [3.05, 3.63) is 69.6 Å². The van der Waals surface area contributed by atoms with E-state index in [1.54, 1.807) is 6.07 Å². The molecule has 0 unspecified atom stereocenters. The fourth-order valence-corrected chi connectivity index (χ4v) is 2.90. The van der Waals surface area contributed by atoms with E-state index in [1.165, 1.54) is 6.07 Å². The highest BCUT2D eigenvalue weighted by Crippen LogP contribution is 2.25. The van der Waals surface area contributed by atoms with E-state index in [9.17, 15) is 9.59 Å². The lowest BCUT2D eigenvalue weighted by Gasteiger charge is -2.11. The van der Waals surface area contributed by atoms with Crippen LogP contribution >= 0.6 is 0 Å². The lowest BCUT2D eigenvalue weighted by atomic mass is 10.1. The van der Waals surface area contributed by atoms with E-state index in [0.717, 1.165) is 29.0 Å². The van der Waals surface area contributed by atoms with Gasteiger partial charge in [0.1, 0.15) is 17.9 Å². The first kappa shape index (κ1) is 23.6. The lowest BCUT2D eigenvalue weighted by Crippen LogP contribution is -2.15. The van der Waals surface area contributed by atoms with Crippen molar-refractivity contribution in [3.8, 4) is 5.75 Å². The van der Waals surface area contributed by atoms with Gasteiger partial charge in [-0.3, -0.25) is 9.59 Å². The smallest absolute Gasteiger partial charge is 0.336 e. The SMILES string of the molecule is CC(=O)O.Cc1cc2oc(=O)cc(C)c2cc1NC(=O)Cc1cccc(OCCN)c1. The van der Waals surface area contributed by atoms with Crippen LogP contribution in [0, 0.1) is 13.8 Å². The normalized spacial score (nSPS) is 10.2. The van der Waals surface area contributed by atoms with Crippen LogP contribution < -0.4 is 21.4 Å². The average molecular weight is 426 g/mol. The van der Waals surface area contributed by atoms with Gasteiger partial charge in [-0.1, -0.05) is 12.1 Å². The number of carbonyl (C=O) groups is 2. The molecule has 0 saturated heterocycles. The number of rotatable bonds is 6. The van der Waals surface area contributed by atoms with E-state index >= 15 is 0 Å². The molecular formula is C23H26N2O6. The zero-order valence-corrected chi connectivity index (χ0v) is 17.7. The molecule has 3 rings (SSSR count). The molecular weight excluding hydrogens is 400 g/mol. The van der Waals surface area contributed by atoms with Crippen molar-refractivity contribution in [2.75, 3.05) is 18.5 Å². The summed E-state index contributed by atoms with van der Waals surface area (Å²) in [6.45, 7) is 5.65. The molecule has 1 aromatic heterocycles. The van der Waals surface area contributed by atoms with Gasteiger partial charge >= 0.3 is 5.63 Å². The second-order valence-corrected chi connectivity index (χ2v) is 6.94. The molecule has 0 aliphatic heterocycles. The van der Waals surface area contributed by atoms with Gasteiger partial charge in [0.15, 0.2) is 0 Å². The van der Waals surface area contributed by atoms with Gasteiger partial charge in [-0.05, 0) is 54.8 Å². The summed E-state index contributed by atoms with van der Waals surface area (Å²) in [5.74, 6) is -0.276. The third kappa shape index (κ3) is 7.27. The molecule has 0 bridgehead atoms. The summed E-state index contributed by atoms with van der Waals surface area (Å²) in [5, 5.41) is 11.2. The first-order chi connectivity index (χ1) is 14.7. The Balaban J connectivity index is 0.000000785. The van der Waals surface area contributed by atoms with Crippen LogP contribution in [0.3, 0.4) is 0 Å². The standard InChI is InChI=1S/C21H22N2O4.C2H4O2/c1-13-9-21(25)27-19-8-14(2)18(12-17(13)19)23-20(24)11-15-4-3-5-16(10-15)26-7-6-22;1-2(3)4/h3-5,8-10,12H,6-7,11,22H2,1-2H3,(H,23,24);1H3,(H,3,4). The Hall–Kier alpha value is -3.65. The summed E-state index contributed by atoms with van der Waals surface area (Å²) in [5.41, 5.74) is 8.75. The third-order valence-corrected chi connectivity index (χ3v) is 4.22. The van der Waals surface area contributed by atoms with Crippen molar-refractivity contribution in [1.82, 2.24) is 0 Å². The number of carbonyl (C=O) groups excluding carboxylic acids is 1. The van der Waals surface area contributed by atoms with E-state index in [0.29, 0.717) is 30.2 Å². The number of hydrogen-bond donors (Lipinski definition) is 3. The van der Waals surface area contributed by atoms with E-state index < -0.39 is 5.97 Å². The number of nitrogens with two attached hydrogens (primary N) is 1. The number of aliphatic carboxylic acids is 1. The van der Waals surface area contributed by atoms with Gasteiger partial charge < -0.3 is 25.3 Å². The molecule has 8 nitrogen and oxygen atoms in total. The second kappa shape index (κ2) is 10.9. The molecule has 0 atom stereocenters. The van der Waals surface area contributed by atoms with E-state index in [1.807, 2.05) is 44.2 Å². The maximum atomic E-state index is 12.5. The van der Waals surface area contributed by atoms with Gasteiger partial charge in [-0.25, -0.2) is 4.79 Å². The molecule has 0 aliphatic rings. The fraction of sp³-hybridized carbons (Fsp3) is 0.261. The molecule has 8 heteroatoms. The number of ether oxygens (including phenoxy) is 1. The summed E-state index contributed by atoms with van der Waals surface area (Å²) >= 11 is 0. The average Bonchev–Trinajstić information content (AvgIpc) is 2.67. The minimum absolute atomic E-state index is 0.136. The number of aryl methyl sites for hydroxylation is 2. The summed E-state index contributed by atoms with van der Waals surface area (Å²) < 4.78 is 10.7. The topological polar surface area (TPSA) is 132 Å². The summed E-state index contributed by atoms with van der Waals surface area (Å²) in [7, 11) is 0. The Morgan fingerprint density at radius 1 is 1.13 bits per heavy atom. The molecule has 0 saturated carbocycles. The highest BCUT2D eigenvalue weighted by atomic mass is 16.5. The number of fused-ring (bicyclic) bond motifs is 1. The number of carboxylic acid groups (broad SMARTS) is 1. The molecule has 2 aromatic carbocycles. The van der Waals surface area contributed by atoms with Crippen LogP contribution in [0.4, 0.5) is 5.69 Å². The second-order valence-electron chi connectivity index (χ2n) is 6.94. The largest absolute Gasteiger partial charge is 0.492 e. The molecule has 0 aliphatic carbocycles. The Morgan fingerprint density at radius 2 is 1.84 bits per heavy atom. The van der Waals surface area contributed by atoms with Gasteiger partial charge in [-0.15, -0.1) is 0 Å². The highest BCUT2D eigenvalue weighted by molar-refractivity contribution is 5.96. The first-order valence-electron chi connectivity index (χ1n) is 9.66. The predicted molar refractivity (Wildman–Crippen MR) is 119 cm³/mol. The zero-order valence-electron chi connectivity index (χ0n) is 17.7. The van der Waals surface area contributed by atoms with Crippen LogP contribution in [0.5, 0.6) is 5.75 Å². The zero-order chi connectivity index (χ0) is 23.0. The number of carboxylic acids is 1. The van der Waals surface area contributed by atoms with Gasteiger partial charge in [0.05, 0.1) is 6.42 Å². The maximum absolute atomic E-state index is 12.5. The molecule has 31 heavy (non-hydrogen) atoms. The van der Waals surface area contributed by atoms with E-state index in [-0.39, 0.29) is 18.0 Å². The van der Waals surface area contributed by atoms with E-state index in [2.05, 4.69) is 5.32 Å². The summed E-state index contributed by atoms with van der Waals surface area (Å²) in [4.78, 5) is 33.0. The molecule has 0 radical (unpaired) electrons. The third-order valence-electron chi connectivity index (χ3n) is 4.22. The molecule has 0 fully saturated rings.